The van der Waals surface area contributed by atoms with E-state index in [4.69, 9.17) is 11.1 Å². The molecule has 0 aliphatic heterocycles. The molecule has 0 saturated carbocycles. The van der Waals surface area contributed by atoms with Crippen molar-refractivity contribution >= 4 is 11.7 Å². The largest absolute Gasteiger partial charge is 0.387 e. The molecule has 0 aliphatic rings. The molecule has 1 rings (SSSR count). The zero-order chi connectivity index (χ0) is 14.6. The molecule has 6 heteroatoms. The van der Waals surface area contributed by atoms with E-state index in [-0.39, 0.29) is 17.3 Å². The summed E-state index contributed by atoms with van der Waals surface area (Å²) in [5.41, 5.74) is 5.35. The van der Waals surface area contributed by atoms with Gasteiger partial charge in [-0.1, -0.05) is 20.8 Å². The summed E-state index contributed by atoms with van der Waals surface area (Å²) in [6, 6.07) is 0. The van der Waals surface area contributed by atoms with Crippen molar-refractivity contribution in [2.75, 3.05) is 18.5 Å². The molecule has 106 valence electrons. The first-order chi connectivity index (χ1) is 8.82. The van der Waals surface area contributed by atoms with Crippen LogP contribution in [0.5, 0.6) is 0 Å². The van der Waals surface area contributed by atoms with Crippen LogP contribution in [0.3, 0.4) is 0 Å². The van der Waals surface area contributed by atoms with Gasteiger partial charge >= 0.3 is 0 Å². The topological polar surface area (TPSA) is 88.0 Å². The summed E-state index contributed by atoms with van der Waals surface area (Å²) in [5.74, 6) is 0.806. The van der Waals surface area contributed by atoms with Crippen LogP contribution in [0.4, 0.5) is 5.82 Å². The van der Waals surface area contributed by atoms with Gasteiger partial charge in [-0.2, -0.15) is 0 Å². The first-order valence-corrected chi connectivity index (χ1v) is 6.43. The zero-order valence-corrected chi connectivity index (χ0v) is 12.1. The number of hydrogen-bond acceptors (Lipinski definition) is 4. The van der Waals surface area contributed by atoms with Gasteiger partial charge in [-0.3, -0.25) is 10.2 Å². The maximum absolute atomic E-state index is 12.3. The predicted octanol–water partition coefficient (Wildman–Crippen LogP) is 0.908. The lowest BCUT2D eigenvalue weighted by Gasteiger charge is -2.22. The van der Waals surface area contributed by atoms with E-state index < -0.39 is 0 Å². The molecule has 1 heterocycles. The third kappa shape index (κ3) is 4.08. The highest BCUT2D eigenvalue weighted by atomic mass is 16.1. The van der Waals surface area contributed by atoms with Crippen LogP contribution >= 0.6 is 0 Å². The molecule has 1 aromatic rings. The van der Waals surface area contributed by atoms with Crippen molar-refractivity contribution in [1.82, 2.24) is 9.55 Å². The second-order valence-electron chi connectivity index (χ2n) is 5.34. The molecule has 0 aliphatic carbocycles. The van der Waals surface area contributed by atoms with Gasteiger partial charge in [0.05, 0.1) is 5.84 Å². The van der Waals surface area contributed by atoms with Crippen LogP contribution in [0.15, 0.2) is 17.2 Å². The molecule has 0 aromatic carbocycles. The van der Waals surface area contributed by atoms with Gasteiger partial charge in [0.15, 0.2) is 5.82 Å². The average Bonchev–Trinajstić information content (AvgIpc) is 2.30. The number of nitrogens with two attached hydrogens (primary N) is 1. The van der Waals surface area contributed by atoms with Gasteiger partial charge in [0.25, 0.3) is 5.56 Å². The normalized spacial score (nSPS) is 12.5. The lowest BCUT2D eigenvalue weighted by atomic mass is 10.1. The predicted molar refractivity (Wildman–Crippen MR) is 77.7 cm³/mol. The lowest BCUT2D eigenvalue weighted by molar-refractivity contribution is 0.508. The average molecular weight is 265 g/mol. The Kier molecular flexibility index (Phi) is 5.09. The maximum Gasteiger partial charge on any atom is 0.293 e. The SMILES string of the molecule is CC(C)Cn1ccnc(N(C)CC(C)C(=N)N)c1=O. The van der Waals surface area contributed by atoms with Crippen LogP contribution < -0.4 is 16.2 Å². The Bertz CT molecular complexity index is 494. The van der Waals surface area contributed by atoms with Gasteiger partial charge in [0.2, 0.25) is 0 Å². The van der Waals surface area contributed by atoms with E-state index in [0.717, 1.165) is 0 Å². The molecule has 0 spiro atoms. The Labute approximate surface area is 113 Å². The van der Waals surface area contributed by atoms with Crippen LogP contribution in [-0.4, -0.2) is 29.0 Å². The summed E-state index contributed by atoms with van der Waals surface area (Å²) in [5, 5.41) is 7.39. The van der Waals surface area contributed by atoms with E-state index in [1.807, 2.05) is 6.92 Å². The molecule has 0 fully saturated rings. The number of nitrogens with zero attached hydrogens (tertiary/aromatic N) is 3. The van der Waals surface area contributed by atoms with Crippen LogP contribution in [-0.2, 0) is 6.54 Å². The number of hydrogen-bond donors (Lipinski definition) is 2. The fraction of sp³-hybridized carbons (Fsp3) is 0.615. The van der Waals surface area contributed by atoms with Crippen molar-refractivity contribution in [3.8, 4) is 0 Å². The second kappa shape index (κ2) is 6.36. The minimum absolute atomic E-state index is 0.102. The number of aromatic nitrogens is 2. The quantitative estimate of drug-likeness (QED) is 0.591. The van der Waals surface area contributed by atoms with E-state index in [2.05, 4.69) is 18.8 Å². The van der Waals surface area contributed by atoms with Crippen molar-refractivity contribution < 1.29 is 0 Å². The summed E-state index contributed by atoms with van der Waals surface area (Å²) in [4.78, 5) is 18.2. The van der Waals surface area contributed by atoms with Gasteiger partial charge in [0.1, 0.15) is 0 Å². The molecule has 1 atom stereocenters. The standard InChI is InChI=1S/C13H23N5O/c1-9(2)7-18-6-5-16-12(13(18)19)17(4)8-10(3)11(14)15/h5-6,9-10H,7-8H2,1-4H3,(H3,14,15). The fourth-order valence-corrected chi connectivity index (χ4v) is 1.83. The molecule has 3 N–H and O–H groups in total. The Hall–Kier alpha value is -1.85. The number of nitrogens with one attached hydrogen (secondary N) is 1. The molecule has 0 radical (unpaired) electrons. The third-order valence-corrected chi connectivity index (χ3v) is 2.90. The van der Waals surface area contributed by atoms with Crippen LogP contribution in [0.2, 0.25) is 0 Å². The first-order valence-electron chi connectivity index (χ1n) is 6.43. The van der Waals surface area contributed by atoms with E-state index in [9.17, 15) is 4.79 Å². The maximum atomic E-state index is 12.3. The zero-order valence-electron chi connectivity index (χ0n) is 12.1. The Morgan fingerprint density at radius 1 is 1.53 bits per heavy atom. The molecular formula is C13H23N5O. The van der Waals surface area contributed by atoms with E-state index >= 15 is 0 Å². The molecule has 19 heavy (non-hydrogen) atoms. The van der Waals surface area contributed by atoms with E-state index in [1.165, 1.54) is 0 Å². The summed E-state index contributed by atoms with van der Waals surface area (Å²) in [6.07, 6.45) is 3.34. The number of rotatable bonds is 6. The molecule has 0 saturated heterocycles. The second-order valence-corrected chi connectivity index (χ2v) is 5.34. The molecule has 1 aromatic heterocycles. The van der Waals surface area contributed by atoms with Gasteiger partial charge < -0.3 is 15.2 Å². The van der Waals surface area contributed by atoms with Gasteiger partial charge in [-0.25, -0.2) is 4.98 Å². The Balaban J connectivity index is 2.95. The fourth-order valence-electron chi connectivity index (χ4n) is 1.83. The van der Waals surface area contributed by atoms with Crippen LogP contribution in [0.25, 0.3) is 0 Å². The lowest BCUT2D eigenvalue weighted by Crippen LogP contribution is -2.37. The first kappa shape index (κ1) is 15.2. The summed E-state index contributed by atoms with van der Waals surface area (Å²) in [6.45, 7) is 7.16. The van der Waals surface area contributed by atoms with Crippen molar-refractivity contribution in [2.45, 2.75) is 27.3 Å². The molecule has 1 unspecified atom stereocenters. The third-order valence-electron chi connectivity index (χ3n) is 2.90. The Morgan fingerprint density at radius 3 is 2.68 bits per heavy atom. The van der Waals surface area contributed by atoms with Crippen molar-refractivity contribution in [1.29, 1.82) is 5.41 Å². The molecule has 0 amide bonds. The minimum atomic E-state index is -0.107. The highest BCUT2D eigenvalue weighted by molar-refractivity contribution is 5.79. The number of amidine groups is 1. The molecule has 0 bridgehead atoms. The Morgan fingerprint density at radius 2 is 2.16 bits per heavy atom. The van der Waals surface area contributed by atoms with E-state index in [0.29, 0.717) is 24.8 Å². The summed E-state index contributed by atoms with van der Waals surface area (Å²) < 4.78 is 1.67. The molecule has 6 nitrogen and oxygen atoms in total. The van der Waals surface area contributed by atoms with Gasteiger partial charge in [-0.05, 0) is 5.92 Å². The number of anilines is 1. The van der Waals surface area contributed by atoms with E-state index in [1.54, 1.807) is 28.9 Å². The van der Waals surface area contributed by atoms with Crippen molar-refractivity contribution in [3.05, 3.63) is 22.7 Å². The van der Waals surface area contributed by atoms with Gasteiger partial charge in [0, 0.05) is 38.4 Å². The van der Waals surface area contributed by atoms with Crippen LogP contribution in [0.1, 0.15) is 20.8 Å². The highest BCUT2D eigenvalue weighted by Crippen LogP contribution is 2.06. The highest BCUT2D eigenvalue weighted by Gasteiger charge is 2.14. The smallest absolute Gasteiger partial charge is 0.293 e. The van der Waals surface area contributed by atoms with Crippen molar-refractivity contribution in [3.63, 3.8) is 0 Å². The molecular weight excluding hydrogens is 242 g/mol. The van der Waals surface area contributed by atoms with Crippen molar-refractivity contribution in [2.24, 2.45) is 17.6 Å². The van der Waals surface area contributed by atoms with Gasteiger partial charge in [-0.15, -0.1) is 0 Å². The summed E-state index contributed by atoms with van der Waals surface area (Å²) >= 11 is 0. The monoisotopic (exact) mass is 265 g/mol. The summed E-state index contributed by atoms with van der Waals surface area (Å²) in [7, 11) is 1.79. The van der Waals surface area contributed by atoms with Crippen LogP contribution in [0, 0.1) is 17.2 Å². The minimum Gasteiger partial charge on any atom is -0.387 e.